The van der Waals surface area contributed by atoms with Gasteiger partial charge >= 0.3 is 0 Å². The van der Waals surface area contributed by atoms with E-state index < -0.39 is 0 Å². The summed E-state index contributed by atoms with van der Waals surface area (Å²) in [4.78, 5) is 0. The molecular formula is C13H18ClNO. The van der Waals surface area contributed by atoms with Gasteiger partial charge in [-0.3, -0.25) is 0 Å². The Balaban J connectivity index is 2.71. The summed E-state index contributed by atoms with van der Waals surface area (Å²) in [7, 11) is 1.71. The molecule has 88 valence electrons. The lowest BCUT2D eigenvalue weighted by Crippen LogP contribution is -2.01. The maximum atomic E-state index is 5.83. The van der Waals surface area contributed by atoms with Crippen LogP contribution in [0.4, 0.5) is 0 Å². The van der Waals surface area contributed by atoms with Crippen LogP contribution in [0.3, 0.4) is 0 Å². The fraction of sp³-hybridized carbons (Fsp3) is 0.385. The van der Waals surface area contributed by atoms with Crippen molar-refractivity contribution < 1.29 is 4.74 Å². The molecule has 0 bridgehead atoms. The Morgan fingerprint density at radius 2 is 2.06 bits per heavy atom. The quantitative estimate of drug-likeness (QED) is 0.828. The molecule has 1 rings (SSSR count). The molecule has 0 saturated heterocycles. The van der Waals surface area contributed by atoms with E-state index in [1.807, 2.05) is 24.3 Å². The molecule has 1 aromatic carbocycles. The fourth-order valence-electron chi connectivity index (χ4n) is 1.50. The van der Waals surface area contributed by atoms with E-state index in [0.29, 0.717) is 13.2 Å². The van der Waals surface area contributed by atoms with E-state index in [1.165, 1.54) is 5.57 Å². The van der Waals surface area contributed by atoms with Crippen molar-refractivity contribution in [3.8, 4) is 0 Å². The van der Waals surface area contributed by atoms with Crippen molar-refractivity contribution in [3.05, 3.63) is 40.4 Å². The van der Waals surface area contributed by atoms with E-state index in [4.69, 9.17) is 22.1 Å². The number of rotatable bonds is 6. The molecule has 1 aromatic rings. The van der Waals surface area contributed by atoms with Crippen LogP contribution in [0, 0.1) is 0 Å². The van der Waals surface area contributed by atoms with Crippen molar-refractivity contribution in [3.63, 3.8) is 0 Å². The van der Waals surface area contributed by atoms with Gasteiger partial charge < -0.3 is 10.5 Å². The third-order valence-electron chi connectivity index (χ3n) is 2.27. The third kappa shape index (κ3) is 4.79. The van der Waals surface area contributed by atoms with Crippen molar-refractivity contribution in [2.75, 3.05) is 20.3 Å². The number of benzene rings is 1. The van der Waals surface area contributed by atoms with Crippen LogP contribution < -0.4 is 5.73 Å². The molecule has 0 spiro atoms. The van der Waals surface area contributed by atoms with Gasteiger partial charge in [-0.25, -0.2) is 0 Å². The van der Waals surface area contributed by atoms with E-state index in [0.717, 1.165) is 23.4 Å². The highest BCUT2D eigenvalue weighted by Crippen LogP contribution is 2.15. The summed E-state index contributed by atoms with van der Waals surface area (Å²) in [5, 5.41) is 0.757. The van der Waals surface area contributed by atoms with Crippen molar-refractivity contribution in [2.24, 2.45) is 5.73 Å². The summed E-state index contributed by atoms with van der Waals surface area (Å²) in [6.07, 6.45) is 4.10. The Bertz CT molecular complexity index is 332. The highest BCUT2D eigenvalue weighted by molar-refractivity contribution is 6.30. The second-order valence-corrected chi connectivity index (χ2v) is 4.12. The summed E-state index contributed by atoms with van der Waals surface area (Å²) in [5.74, 6) is 0. The van der Waals surface area contributed by atoms with E-state index >= 15 is 0 Å². The van der Waals surface area contributed by atoms with Gasteiger partial charge in [-0.2, -0.15) is 0 Å². The van der Waals surface area contributed by atoms with E-state index in [9.17, 15) is 0 Å². The van der Waals surface area contributed by atoms with Crippen LogP contribution >= 0.6 is 11.6 Å². The Labute approximate surface area is 102 Å². The van der Waals surface area contributed by atoms with Gasteiger partial charge in [0.2, 0.25) is 0 Å². The Morgan fingerprint density at radius 3 is 2.62 bits per heavy atom. The van der Waals surface area contributed by atoms with Gasteiger partial charge in [-0.15, -0.1) is 0 Å². The first-order valence-corrected chi connectivity index (χ1v) is 5.78. The molecule has 3 heteroatoms. The molecule has 0 aliphatic rings. The minimum atomic E-state index is 0.655. The first kappa shape index (κ1) is 13.2. The lowest BCUT2D eigenvalue weighted by atomic mass is 10.1. The van der Waals surface area contributed by atoms with Gasteiger partial charge in [0.15, 0.2) is 0 Å². The standard InChI is InChI=1S/C13H18ClNO/c1-16-10-12(3-2-8-15)9-11-4-6-13(14)7-5-11/h4-7,9H,2-3,8,10,15H2,1H3/b12-9+. The highest BCUT2D eigenvalue weighted by atomic mass is 35.5. The van der Waals surface area contributed by atoms with E-state index in [-0.39, 0.29) is 0 Å². The third-order valence-corrected chi connectivity index (χ3v) is 2.52. The van der Waals surface area contributed by atoms with Gasteiger partial charge in [0.1, 0.15) is 0 Å². The van der Waals surface area contributed by atoms with Gasteiger partial charge in [0.25, 0.3) is 0 Å². The van der Waals surface area contributed by atoms with Crippen LogP contribution in [0.2, 0.25) is 5.02 Å². The molecule has 0 aromatic heterocycles. The first-order valence-electron chi connectivity index (χ1n) is 5.40. The maximum absolute atomic E-state index is 5.83. The second-order valence-electron chi connectivity index (χ2n) is 3.68. The molecule has 0 radical (unpaired) electrons. The summed E-state index contributed by atoms with van der Waals surface area (Å²) >= 11 is 5.83. The summed E-state index contributed by atoms with van der Waals surface area (Å²) in [5.41, 5.74) is 7.91. The van der Waals surface area contributed by atoms with Gasteiger partial charge in [0.05, 0.1) is 6.61 Å². The normalized spacial score (nSPS) is 11.8. The molecule has 0 amide bonds. The predicted octanol–water partition coefficient (Wildman–Crippen LogP) is 3.11. The number of hydrogen-bond donors (Lipinski definition) is 1. The molecular weight excluding hydrogens is 222 g/mol. The molecule has 0 fully saturated rings. The number of hydrogen-bond acceptors (Lipinski definition) is 2. The average molecular weight is 240 g/mol. The average Bonchev–Trinajstić information content (AvgIpc) is 2.29. The highest BCUT2D eigenvalue weighted by Gasteiger charge is 1.98. The van der Waals surface area contributed by atoms with Crippen molar-refractivity contribution in [1.82, 2.24) is 0 Å². The Morgan fingerprint density at radius 1 is 1.38 bits per heavy atom. The van der Waals surface area contributed by atoms with Crippen LogP contribution in [0.5, 0.6) is 0 Å². The topological polar surface area (TPSA) is 35.2 Å². The zero-order valence-corrected chi connectivity index (χ0v) is 10.3. The van der Waals surface area contributed by atoms with Crippen LogP contribution in [-0.4, -0.2) is 20.3 Å². The van der Waals surface area contributed by atoms with Crippen LogP contribution in [-0.2, 0) is 4.74 Å². The van der Waals surface area contributed by atoms with Crippen LogP contribution in [0.1, 0.15) is 18.4 Å². The van der Waals surface area contributed by atoms with Crippen LogP contribution in [0.15, 0.2) is 29.8 Å². The molecule has 16 heavy (non-hydrogen) atoms. The Kier molecular flexibility index (Phi) is 6.16. The van der Waals surface area contributed by atoms with E-state index in [1.54, 1.807) is 7.11 Å². The van der Waals surface area contributed by atoms with E-state index in [2.05, 4.69) is 6.08 Å². The summed E-state index contributed by atoms with van der Waals surface area (Å²) in [6.45, 7) is 1.37. The fourth-order valence-corrected chi connectivity index (χ4v) is 1.62. The lowest BCUT2D eigenvalue weighted by molar-refractivity contribution is 0.223. The zero-order valence-electron chi connectivity index (χ0n) is 9.58. The molecule has 0 heterocycles. The number of halogens is 1. The van der Waals surface area contributed by atoms with Crippen LogP contribution in [0.25, 0.3) is 6.08 Å². The number of methoxy groups -OCH3 is 1. The summed E-state index contributed by atoms with van der Waals surface area (Å²) < 4.78 is 5.16. The van der Waals surface area contributed by atoms with Gasteiger partial charge in [-0.05, 0) is 42.7 Å². The van der Waals surface area contributed by atoms with Crippen molar-refractivity contribution in [2.45, 2.75) is 12.8 Å². The second kappa shape index (κ2) is 7.44. The first-order chi connectivity index (χ1) is 7.76. The number of nitrogens with two attached hydrogens (primary N) is 1. The summed E-state index contributed by atoms with van der Waals surface area (Å²) in [6, 6.07) is 7.78. The monoisotopic (exact) mass is 239 g/mol. The largest absolute Gasteiger partial charge is 0.380 e. The predicted molar refractivity (Wildman–Crippen MR) is 69.6 cm³/mol. The molecule has 2 nitrogen and oxygen atoms in total. The SMILES string of the molecule is COC/C(=C/c1ccc(Cl)cc1)CCCN. The van der Waals surface area contributed by atoms with Crippen molar-refractivity contribution in [1.29, 1.82) is 0 Å². The molecule has 0 aliphatic heterocycles. The molecule has 0 unspecified atom stereocenters. The molecule has 0 saturated carbocycles. The lowest BCUT2D eigenvalue weighted by Gasteiger charge is -2.06. The maximum Gasteiger partial charge on any atom is 0.0676 e. The molecule has 0 atom stereocenters. The number of ether oxygens (including phenoxy) is 1. The zero-order chi connectivity index (χ0) is 11.8. The minimum absolute atomic E-state index is 0.655. The Hall–Kier alpha value is -0.830. The van der Waals surface area contributed by atoms with Gasteiger partial charge in [0, 0.05) is 12.1 Å². The van der Waals surface area contributed by atoms with Gasteiger partial charge in [-0.1, -0.05) is 29.8 Å². The smallest absolute Gasteiger partial charge is 0.0676 e. The molecule has 0 aliphatic carbocycles. The molecule has 2 N–H and O–H groups in total. The van der Waals surface area contributed by atoms with Crippen molar-refractivity contribution >= 4 is 17.7 Å². The minimum Gasteiger partial charge on any atom is -0.380 e.